The third kappa shape index (κ3) is 1.97. The monoisotopic (exact) mass is 249 g/mol. The minimum atomic E-state index is -0.296. The van der Waals surface area contributed by atoms with Crippen molar-refractivity contribution < 1.29 is 5.11 Å². The second-order valence-corrected chi connectivity index (χ2v) is 4.67. The second-order valence-electron chi connectivity index (χ2n) is 4.67. The predicted octanol–water partition coefficient (Wildman–Crippen LogP) is -0.00950. The summed E-state index contributed by atoms with van der Waals surface area (Å²) in [5.41, 5.74) is 0.236. The molecule has 7 nitrogen and oxygen atoms in total. The number of nitrogens with zero attached hydrogens (tertiary/aromatic N) is 3. The lowest BCUT2D eigenvalue weighted by atomic mass is 10.1. The molecular weight excluding hydrogens is 234 g/mol. The number of hydrogen-bond acceptors (Lipinski definition) is 5. The van der Waals surface area contributed by atoms with Crippen LogP contribution in [-0.4, -0.2) is 37.3 Å². The smallest absolute Gasteiger partial charge is 0.348 e. The van der Waals surface area contributed by atoms with Crippen LogP contribution in [0.25, 0.3) is 5.65 Å². The van der Waals surface area contributed by atoms with Gasteiger partial charge in [-0.15, -0.1) is 0 Å². The van der Waals surface area contributed by atoms with Crippen molar-refractivity contribution in [3.8, 4) is 0 Å². The van der Waals surface area contributed by atoms with E-state index in [2.05, 4.69) is 20.5 Å². The Morgan fingerprint density at radius 3 is 3.22 bits per heavy atom. The van der Waals surface area contributed by atoms with Crippen LogP contribution in [0.2, 0.25) is 0 Å². The van der Waals surface area contributed by atoms with E-state index in [0.717, 1.165) is 19.3 Å². The summed E-state index contributed by atoms with van der Waals surface area (Å²) >= 11 is 0. The zero-order chi connectivity index (χ0) is 12.5. The lowest BCUT2D eigenvalue weighted by Gasteiger charge is -2.15. The number of anilines is 1. The number of aromatic amines is 1. The van der Waals surface area contributed by atoms with Gasteiger partial charge in [-0.25, -0.2) is 19.3 Å². The highest BCUT2D eigenvalue weighted by Gasteiger charge is 2.24. The summed E-state index contributed by atoms with van der Waals surface area (Å²) in [4.78, 5) is 15.4. The van der Waals surface area contributed by atoms with Gasteiger partial charge >= 0.3 is 5.69 Å². The zero-order valence-electron chi connectivity index (χ0n) is 9.83. The molecule has 1 fully saturated rings. The molecule has 0 spiro atoms. The molecule has 96 valence electrons. The van der Waals surface area contributed by atoms with Crippen LogP contribution < -0.4 is 11.0 Å². The lowest BCUT2D eigenvalue weighted by molar-refractivity contribution is 0.138. The van der Waals surface area contributed by atoms with Crippen molar-refractivity contribution in [3.63, 3.8) is 0 Å². The third-order valence-electron chi connectivity index (χ3n) is 3.47. The minimum absolute atomic E-state index is 0.214. The van der Waals surface area contributed by atoms with Crippen molar-refractivity contribution in [2.75, 3.05) is 11.9 Å². The summed E-state index contributed by atoms with van der Waals surface area (Å²) < 4.78 is 1.34. The molecule has 2 unspecified atom stereocenters. The second kappa shape index (κ2) is 4.41. The number of rotatable bonds is 3. The molecule has 3 rings (SSSR count). The van der Waals surface area contributed by atoms with E-state index in [4.69, 9.17) is 0 Å². The fourth-order valence-electron chi connectivity index (χ4n) is 2.40. The maximum Gasteiger partial charge on any atom is 0.348 e. The van der Waals surface area contributed by atoms with Crippen LogP contribution in [0.1, 0.15) is 19.3 Å². The number of aliphatic hydroxyl groups is 1. The quantitative estimate of drug-likeness (QED) is 0.711. The summed E-state index contributed by atoms with van der Waals surface area (Å²) in [5, 5.41) is 19.1. The molecule has 1 aliphatic rings. The summed E-state index contributed by atoms with van der Waals surface area (Å²) in [6, 6.07) is 1.71. The van der Waals surface area contributed by atoms with E-state index in [-0.39, 0.29) is 17.7 Å². The first-order valence-electron chi connectivity index (χ1n) is 6.09. The number of aromatic nitrogens is 4. The Hall–Kier alpha value is -1.89. The third-order valence-corrected chi connectivity index (χ3v) is 3.47. The van der Waals surface area contributed by atoms with Crippen LogP contribution in [0.15, 0.2) is 17.2 Å². The van der Waals surface area contributed by atoms with Crippen LogP contribution in [0.5, 0.6) is 0 Å². The number of nitrogens with one attached hydrogen (secondary N) is 2. The standard InChI is InChI=1S/C11H15N5O2/c17-8-3-1-2-7(8)5-12-9-4-10-14-15-11(18)16(10)6-13-9/h4,6-8,12,17H,1-3,5H2,(H,15,18). The fraction of sp³-hybridized carbons (Fsp3) is 0.545. The maximum absolute atomic E-state index is 11.3. The molecule has 18 heavy (non-hydrogen) atoms. The fourth-order valence-corrected chi connectivity index (χ4v) is 2.40. The molecular formula is C11H15N5O2. The zero-order valence-corrected chi connectivity index (χ0v) is 9.83. The normalized spacial score (nSPS) is 23.6. The number of fused-ring (bicyclic) bond motifs is 1. The Labute approximate surface area is 103 Å². The van der Waals surface area contributed by atoms with Crippen molar-refractivity contribution in [3.05, 3.63) is 22.9 Å². The average molecular weight is 249 g/mol. The van der Waals surface area contributed by atoms with Gasteiger partial charge in [-0.2, -0.15) is 5.10 Å². The molecule has 0 aromatic carbocycles. The Morgan fingerprint density at radius 1 is 1.56 bits per heavy atom. The highest BCUT2D eigenvalue weighted by molar-refractivity contribution is 5.48. The Bertz CT molecular complexity index is 605. The molecule has 1 aliphatic carbocycles. The van der Waals surface area contributed by atoms with E-state index in [1.165, 1.54) is 10.7 Å². The van der Waals surface area contributed by atoms with Gasteiger partial charge in [0.05, 0.1) is 6.10 Å². The van der Waals surface area contributed by atoms with Crippen molar-refractivity contribution >= 4 is 11.5 Å². The Balaban J connectivity index is 1.72. The summed E-state index contributed by atoms with van der Waals surface area (Å²) in [6.45, 7) is 0.693. The van der Waals surface area contributed by atoms with E-state index in [9.17, 15) is 9.90 Å². The predicted molar refractivity (Wildman–Crippen MR) is 65.4 cm³/mol. The van der Waals surface area contributed by atoms with Crippen molar-refractivity contribution in [1.82, 2.24) is 19.6 Å². The average Bonchev–Trinajstić information content (AvgIpc) is 2.94. The molecule has 7 heteroatoms. The lowest BCUT2D eigenvalue weighted by Crippen LogP contribution is -2.22. The molecule has 2 aromatic rings. The maximum atomic E-state index is 11.3. The van der Waals surface area contributed by atoms with Crippen LogP contribution >= 0.6 is 0 Å². The molecule has 2 heterocycles. The number of H-pyrrole nitrogens is 1. The Kier molecular flexibility index (Phi) is 2.75. The molecule has 0 bridgehead atoms. The first kappa shape index (κ1) is 11.2. The number of aliphatic hydroxyl groups excluding tert-OH is 1. The molecule has 1 saturated carbocycles. The summed E-state index contributed by atoms with van der Waals surface area (Å²) in [5.74, 6) is 0.949. The minimum Gasteiger partial charge on any atom is -0.393 e. The molecule has 2 aromatic heterocycles. The molecule has 0 radical (unpaired) electrons. The van der Waals surface area contributed by atoms with Gasteiger partial charge in [0, 0.05) is 18.5 Å². The SMILES string of the molecule is O=c1[nH]nc2cc(NCC3CCCC3O)ncn12. The molecule has 2 atom stereocenters. The molecule has 3 N–H and O–H groups in total. The first-order chi connectivity index (χ1) is 8.74. The first-order valence-corrected chi connectivity index (χ1v) is 6.09. The van der Waals surface area contributed by atoms with Gasteiger partial charge in [-0.1, -0.05) is 6.42 Å². The van der Waals surface area contributed by atoms with E-state index in [0.29, 0.717) is 18.0 Å². The van der Waals surface area contributed by atoms with Gasteiger partial charge in [0.25, 0.3) is 0 Å². The topological polar surface area (TPSA) is 95.3 Å². The largest absolute Gasteiger partial charge is 0.393 e. The Morgan fingerprint density at radius 2 is 2.44 bits per heavy atom. The van der Waals surface area contributed by atoms with Gasteiger partial charge in [-0.3, -0.25) is 0 Å². The van der Waals surface area contributed by atoms with E-state index < -0.39 is 0 Å². The highest BCUT2D eigenvalue weighted by atomic mass is 16.3. The molecule has 0 amide bonds. The summed E-state index contributed by atoms with van der Waals surface area (Å²) in [7, 11) is 0. The molecule has 0 saturated heterocycles. The van der Waals surface area contributed by atoms with Crippen molar-refractivity contribution in [2.45, 2.75) is 25.4 Å². The van der Waals surface area contributed by atoms with Gasteiger partial charge in [0.1, 0.15) is 12.1 Å². The number of hydrogen-bond donors (Lipinski definition) is 3. The molecule has 0 aliphatic heterocycles. The van der Waals surface area contributed by atoms with Crippen molar-refractivity contribution in [1.29, 1.82) is 0 Å². The van der Waals surface area contributed by atoms with E-state index in [1.807, 2.05) is 0 Å². The van der Waals surface area contributed by atoms with Gasteiger partial charge in [-0.05, 0) is 12.8 Å². The van der Waals surface area contributed by atoms with Gasteiger partial charge in [0.2, 0.25) is 0 Å². The van der Waals surface area contributed by atoms with Crippen LogP contribution in [-0.2, 0) is 0 Å². The van der Waals surface area contributed by atoms with Crippen LogP contribution in [0, 0.1) is 5.92 Å². The summed E-state index contributed by atoms with van der Waals surface area (Å²) in [6.07, 6.45) is 4.23. The van der Waals surface area contributed by atoms with Gasteiger partial charge < -0.3 is 10.4 Å². The van der Waals surface area contributed by atoms with Crippen LogP contribution in [0.4, 0.5) is 5.82 Å². The van der Waals surface area contributed by atoms with E-state index >= 15 is 0 Å². The van der Waals surface area contributed by atoms with Crippen molar-refractivity contribution in [2.24, 2.45) is 5.92 Å². The highest BCUT2D eigenvalue weighted by Crippen LogP contribution is 2.25. The van der Waals surface area contributed by atoms with E-state index in [1.54, 1.807) is 6.07 Å². The van der Waals surface area contributed by atoms with Crippen LogP contribution in [0.3, 0.4) is 0 Å². The van der Waals surface area contributed by atoms with Gasteiger partial charge in [0.15, 0.2) is 5.65 Å².